The van der Waals surface area contributed by atoms with Gasteiger partial charge in [-0.25, -0.2) is 9.38 Å². The summed E-state index contributed by atoms with van der Waals surface area (Å²) in [5.74, 6) is 1.14. The Hall–Kier alpha value is -3.60. The van der Waals surface area contributed by atoms with Crippen molar-refractivity contribution in [2.75, 3.05) is 0 Å². The quantitative estimate of drug-likeness (QED) is 0.378. The first-order chi connectivity index (χ1) is 15.5. The van der Waals surface area contributed by atoms with Gasteiger partial charge in [0.05, 0.1) is 16.8 Å². The summed E-state index contributed by atoms with van der Waals surface area (Å²) in [6.45, 7) is 2.22. The van der Waals surface area contributed by atoms with E-state index in [-0.39, 0.29) is 11.2 Å². The lowest BCUT2D eigenvalue weighted by Crippen LogP contribution is -2.43. The molecule has 4 aromatic rings. The monoisotopic (exact) mass is 424 g/mol. The highest BCUT2D eigenvalue weighted by Crippen LogP contribution is 2.52. The molecule has 0 aliphatic heterocycles. The maximum atomic E-state index is 14.9. The second-order valence-corrected chi connectivity index (χ2v) is 8.75. The Morgan fingerprint density at radius 2 is 1.59 bits per heavy atom. The van der Waals surface area contributed by atoms with Gasteiger partial charge in [-0.05, 0) is 42.5 Å². The molecule has 1 heterocycles. The molecular formula is C27H25FN4. The SMILES string of the molecule is CC1CC(c2cc(F)cc(N=C(c3ccccc3)c3ccccc3)c2)(c2nncn2C)C1. The average molecular weight is 425 g/mol. The molecule has 5 heteroatoms. The molecule has 0 saturated heterocycles. The van der Waals surface area contributed by atoms with Crippen molar-refractivity contribution >= 4 is 11.4 Å². The van der Waals surface area contributed by atoms with Crippen molar-refractivity contribution in [2.45, 2.75) is 25.2 Å². The standard InChI is InChI=1S/C27H25FN4/c1-19-16-27(17-19,26-31-29-18-32(26)2)22-13-23(28)15-24(14-22)30-25(20-9-5-3-6-10-20)21-11-7-4-8-12-21/h3-15,18-19H,16-17H2,1-2H3. The second kappa shape index (κ2) is 8.15. The van der Waals surface area contributed by atoms with Crippen LogP contribution in [0.3, 0.4) is 0 Å². The molecule has 0 amide bonds. The third kappa shape index (κ3) is 3.64. The highest BCUT2D eigenvalue weighted by atomic mass is 19.1. The van der Waals surface area contributed by atoms with Gasteiger partial charge in [0.25, 0.3) is 0 Å². The summed E-state index contributed by atoms with van der Waals surface area (Å²) < 4.78 is 16.8. The Morgan fingerprint density at radius 3 is 2.12 bits per heavy atom. The number of hydrogen-bond donors (Lipinski definition) is 0. The fourth-order valence-electron chi connectivity index (χ4n) is 4.93. The van der Waals surface area contributed by atoms with Gasteiger partial charge in [-0.15, -0.1) is 10.2 Å². The summed E-state index contributed by atoms with van der Waals surface area (Å²) in [5.41, 5.74) is 3.97. The first-order valence-electron chi connectivity index (χ1n) is 10.9. The van der Waals surface area contributed by atoms with Gasteiger partial charge in [0.1, 0.15) is 18.0 Å². The lowest BCUT2D eigenvalue weighted by atomic mass is 9.58. The highest BCUT2D eigenvalue weighted by molar-refractivity contribution is 6.13. The molecule has 160 valence electrons. The normalized spacial score (nSPS) is 19.9. The maximum absolute atomic E-state index is 14.9. The lowest BCUT2D eigenvalue weighted by Gasteiger charge is -2.46. The van der Waals surface area contributed by atoms with E-state index < -0.39 is 0 Å². The molecule has 0 radical (unpaired) electrons. The zero-order valence-corrected chi connectivity index (χ0v) is 18.2. The van der Waals surface area contributed by atoms with Crippen LogP contribution in [-0.4, -0.2) is 20.5 Å². The molecular weight excluding hydrogens is 399 g/mol. The number of aliphatic imine (C=N–C) groups is 1. The van der Waals surface area contributed by atoms with E-state index in [0.29, 0.717) is 11.6 Å². The van der Waals surface area contributed by atoms with E-state index in [4.69, 9.17) is 4.99 Å². The van der Waals surface area contributed by atoms with E-state index in [1.807, 2.05) is 78.3 Å². The molecule has 3 aromatic carbocycles. The molecule has 5 rings (SSSR count). The van der Waals surface area contributed by atoms with Gasteiger partial charge in [0.15, 0.2) is 0 Å². The smallest absolute Gasteiger partial charge is 0.143 e. The van der Waals surface area contributed by atoms with Crippen molar-refractivity contribution in [3.63, 3.8) is 0 Å². The minimum absolute atomic E-state index is 0.289. The third-order valence-electron chi connectivity index (χ3n) is 6.30. The van der Waals surface area contributed by atoms with Gasteiger partial charge in [-0.3, -0.25) is 0 Å². The van der Waals surface area contributed by atoms with E-state index in [1.54, 1.807) is 12.4 Å². The molecule has 32 heavy (non-hydrogen) atoms. The number of rotatable bonds is 5. The van der Waals surface area contributed by atoms with E-state index in [9.17, 15) is 4.39 Å². The predicted octanol–water partition coefficient (Wildman–Crippen LogP) is 5.84. The first kappa shape index (κ1) is 20.3. The molecule has 0 bridgehead atoms. The summed E-state index contributed by atoms with van der Waals surface area (Å²) >= 11 is 0. The van der Waals surface area contributed by atoms with Gasteiger partial charge >= 0.3 is 0 Å². The van der Waals surface area contributed by atoms with Crippen LogP contribution in [0.1, 0.15) is 42.3 Å². The second-order valence-electron chi connectivity index (χ2n) is 8.75. The van der Waals surface area contributed by atoms with Crippen molar-refractivity contribution < 1.29 is 4.39 Å². The number of benzene rings is 3. The number of nitrogens with zero attached hydrogens (tertiary/aromatic N) is 4. The average Bonchev–Trinajstić information content (AvgIpc) is 3.22. The molecule has 0 atom stereocenters. The van der Waals surface area contributed by atoms with Crippen molar-refractivity contribution in [3.8, 4) is 0 Å². The van der Waals surface area contributed by atoms with Gasteiger partial charge in [0.2, 0.25) is 0 Å². The van der Waals surface area contributed by atoms with Crippen LogP contribution < -0.4 is 0 Å². The molecule has 1 aliphatic rings. The fourth-order valence-corrected chi connectivity index (χ4v) is 4.93. The summed E-state index contributed by atoms with van der Waals surface area (Å²) in [4.78, 5) is 4.95. The van der Waals surface area contributed by atoms with Crippen LogP contribution in [-0.2, 0) is 12.5 Å². The lowest BCUT2D eigenvalue weighted by molar-refractivity contribution is 0.185. The zero-order valence-electron chi connectivity index (χ0n) is 18.2. The van der Waals surface area contributed by atoms with E-state index >= 15 is 0 Å². The van der Waals surface area contributed by atoms with Crippen LogP contribution in [0, 0.1) is 11.7 Å². The molecule has 1 saturated carbocycles. The van der Waals surface area contributed by atoms with E-state index in [0.717, 1.165) is 41.1 Å². The van der Waals surface area contributed by atoms with Crippen LogP contribution >= 0.6 is 0 Å². The Labute approximate surface area is 187 Å². The third-order valence-corrected chi connectivity index (χ3v) is 6.30. The number of halogens is 1. The van der Waals surface area contributed by atoms with E-state index in [1.165, 1.54) is 6.07 Å². The Kier molecular flexibility index (Phi) is 5.17. The Bertz CT molecular complexity index is 1210. The van der Waals surface area contributed by atoms with Crippen LogP contribution in [0.4, 0.5) is 10.1 Å². The summed E-state index contributed by atoms with van der Waals surface area (Å²) in [5, 5.41) is 8.48. The topological polar surface area (TPSA) is 43.1 Å². The minimum Gasteiger partial charge on any atom is -0.320 e. The van der Waals surface area contributed by atoms with Gasteiger partial charge in [-0.2, -0.15) is 0 Å². The van der Waals surface area contributed by atoms with Crippen molar-refractivity contribution in [1.82, 2.24) is 14.8 Å². The number of aromatic nitrogens is 3. The van der Waals surface area contributed by atoms with Crippen LogP contribution in [0.2, 0.25) is 0 Å². The molecule has 1 fully saturated rings. The number of hydrogen-bond acceptors (Lipinski definition) is 3. The van der Waals surface area contributed by atoms with Crippen molar-refractivity contribution in [1.29, 1.82) is 0 Å². The van der Waals surface area contributed by atoms with E-state index in [2.05, 4.69) is 17.1 Å². The Balaban J connectivity index is 1.65. The van der Waals surface area contributed by atoms with Crippen molar-refractivity contribution in [3.05, 3.63) is 114 Å². The maximum Gasteiger partial charge on any atom is 0.143 e. The summed E-state index contributed by atoms with van der Waals surface area (Å²) in [6.07, 6.45) is 3.54. The first-order valence-corrected chi connectivity index (χ1v) is 10.9. The van der Waals surface area contributed by atoms with Crippen LogP contribution in [0.5, 0.6) is 0 Å². The Morgan fingerprint density at radius 1 is 0.969 bits per heavy atom. The molecule has 1 aliphatic carbocycles. The largest absolute Gasteiger partial charge is 0.320 e. The molecule has 4 nitrogen and oxygen atoms in total. The van der Waals surface area contributed by atoms with Gasteiger partial charge < -0.3 is 4.57 Å². The van der Waals surface area contributed by atoms with Gasteiger partial charge in [-0.1, -0.05) is 67.6 Å². The predicted molar refractivity (Wildman–Crippen MR) is 125 cm³/mol. The number of aryl methyl sites for hydroxylation is 1. The minimum atomic E-state index is -0.337. The van der Waals surface area contributed by atoms with Crippen LogP contribution in [0.15, 0.2) is 90.2 Å². The fraction of sp³-hybridized carbons (Fsp3) is 0.222. The molecule has 0 N–H and O–H groups in total. The summed E-state index contributed by atoms with van der Waals surface area (Å²) in [6, 6.07) is 25.2. The molecule has 1 aromatic heterocycles. The molecule has 0 unspecified atom stereocenters. The highest BCUT2D eigenvalue weighted by Gasteiger charge is 2.48. The zero-order chi connectivity index (χ0) is 22.1. The van der Waals surface area contributed by atoms with Gasteiger partial charge in [0, 0.05) is 18.2 Å². The van der Waals surface area contributed by atoms with Crippen molar-refractivity contribution in [2.24, 2.45) is 18.0 Å². The van der Waals surface area contributed by atoms with Crippen LogP contribution in [0.25, 0.3) is 0 Å². The summed E-state index contributed by atoms with van der Waals surface area (Å²) in [7, 11) is 1.95. The molecule has 0 spiro atoms.